The lowest BCUT2D eigenvalue weighted by Gasteiger charge is -2.10. The highest BCUT2D eigenvalue weighted by Crippen LogP contribution is 2.28. The van der Waals surface area contributed by atoms with Gasteiger partial charge in [0.05, 0.1) is 10.2 Å². The van der Waals surface area contributed by atoms with Crippen LogP contribution in [0.3, 0.4) is 0 Å². The second kappa shape index (κ2) is 6.01. The first-order valence-electron chi connectivity index (χ1n) is 6.27. The highest BCUT2D eigenvalue weighted by atomic mass is 79.9. The third-order valence-corrected chi connectivity index (χ3v) is 4.06. The Hall–Kier alpha value is -0.940. The van der Waals surface area contributed by atoms with Crippen LogP contribution in [0.2, 0.25) is 5.15 Å². The number of aryl methyl sites for hydroxylation is 1. The van der Waals surface area contributed by atoms with Gasteiger partial charge in [0.25, 0.3) is 0 Å². The van der Waals surface area contributed by atoms with Gasteiger partial charge in [0.1, 0.15) is 10.8 Å². The summed E-state index contributed by atoms with van der Waals surface area (Å²) < 4.78 is 2.65. The Morgan fingerprint density at radius 1 is 1.37 bits per heavy atom. The molecule has 0 bridgehead atoms. The van der Waals surface area contributed by atoms with Crippen molar-refractivity contribution in [3.8, 4) is 11.5 Å². The fourth-order valence-electron chi connectivity index (χ4n) is 1.87. The summed E-state index contributed by atoms with van der Waals surface area (Å²) in [5.41, 5.74) is 1.83. The van der Waals surface area contributed by atoms with Crippen LogP contribution in [-0.4, -0.2) is 19.7 Å². The van der Waals surface area contributed by atoms with Gasteiger partial charge < -0.3 is 0 Å². The lowest BCUT2D eigenvalue weighted by atomic mass is 10.1. The highest BCUT2D eigenvalue weighted by Gasteiger charge is 2.15. The number of aromatic nitrogens is 4. The molecule has 19 heavy (non-hydrogen) atoms. The van der Waals surface area contributed by atoms with Crippen LogP contribution >= 0.6 is 27.5 Å². The Balaban J connectivity index is 2.50. The molecule has 2 rings (SSSR count). The molecule has 0 saturated carbocycles. The molecule has 2 aromatic rings. The number of hydrogen-bond donors (Lipinski definition) is 0. The molecule has 0 radical (unpaired) electrons. The quantitative estimate of drug-likeness (QED) is 0.789. The van der Waals surface area contributed by atoms with Gasteiger partial charge in [-0.1, -0.05) is 25.4 Å². The van der Waals surface area contributed by atoms with Crippen molar-refractivity contribution >= 4 is 27.5 Å². The minimum atomic E-state index is 0.449. The van der Waals surface area contributed by atoms with Crippen LogP contribution in [0, 0.1) is 5.92 Å². The van der Waals surface area contributed by atoms with Crippen molar-refractivity contribution in [1.29, 1.82) is 0 Å². The number of nitrogens with zero attached hydrogens (tertiary/aromatic N) is 4. The predicted molar refractivity (Wildman–Crippen MR) is 80.2 cm³/mol. The lowest BCUT2D eigenvalue weighted by molar-refractivity contribution is 0.630. The molecule has 0 aliphatic rings. The van der Waals surface area contributed by atoms with Crippen LogP contribution < -0.4 is 0 Å². The van der Waals surface area contributed by atoms with Crippen molar-refractivity contribution in [2.75, 3.05) is 0 Å². The van der Waals surface area contributed by atoms with E-state index in [0.29, 0.717) is 16.9 Å². The van der Waals surface area contributed by atoms with Crippen molar-refractivity contribution in [2.45, 2.75) is 33.7 Å². The first-order valence-corrected chi connectivity index (χ1v) is 7.44. The zero-order valence-electron chi connectivity index (χ0n) is 11.2. The van der Waals surface area contributed by atoms with Gasteiger partial charge >= 0.3 is 0 Å². The van der Waals surface area contributed by atoms with Crippen LogP contribution in [0.15, 0.2) is 16.7 Å². The smallest absolute Gasteiger partial charge is 0.179 e. The largest absolute Gasteiger partial charge is 0.262 e. The summed E-state index contributed by atoms with van der Waals surface area (Å²) in [6.45, 7) is 7.11. The Labute approximate surface area is 126 Å². The van der Waals surface area contributed by atoms with Crippen molar-refractivity contribution in [3.05, 3.63) is 27.6 Å². The maximum atomic E-state index is 6.19. The van der Waals surface area contributed by atoms with Crippen LogP contribution in [-0.2, 0) is 13.0 Å². The molecule has 0 aliphatic heterocycles. The molecule has 2 heterocycles. The summed E-state index contributed by atoms with van der Waals surface area (Å²) in [6, 6.07) is 1.90. The molecule has 6 heteroatoms. The molecule has 0 saturated heterocycles. The van der Waals surface area contributed by atoms with Crippen LogP contribution in [0.5, 0.6) is 0 Å². The van der Waals surface area contributed by atoms with E-state index >= 15 is 0 Å². The number of halogens is 2. The normalized spacial score (nSPS) is 11.3. The van der Waals surface area contributed by atoms with Gasteiger partial charge in [0, 0.05) is 12.7 Å². The van der Waals surface area contributed by atoms with Crippen molar-refractivity contribution < 1.29 is 0 Å². The van der Waals surface area contributed by atoms with Crippen molar-refractivity contribution in [2.24, 2.45) is 5.92 Å². The minimum absolute atomic E-state index is 0.449. The van der Waals surface area contributed by atoms with Gasteiger partial charge in [-0.3, -0.25) is 4.68 Å². The van der Waals surface area contributed by atoms with Gasteiger partial charge in [-0.25, -0.2) is 9.97 Å². The van der Waals surface area contributed by atoms with Gasteiger partial charge in [0.2, 0.25) is 0 Å². The van der Waals surface area contributed by atoms with Gasteiger partial charge in [-0.2, -0.15) is 5.10 Å². The second-order valence-electron chi connectivity index (χ2n) is 4.73. The average molecular weight is 344 g/mol. The summed E-state index contributed by atoms with van der Waals surface area (Å²) >= 11 is 9.65. The lowest BCUT2D eigenvalue weighted by Crippen LogP contribution is -2.06. The molecule has 0 N–H and O–H groups in total. The fraction of sp³-hybridized carbons (Fsp3) is 0.462. The average Bonchev–Trinajstić information content (AvgIpc) is 2.82. The number of rotatable bonds is 4. The SMILES string of the molecule is CCn1nccc1-c1nc(Cl)c(Br)c(CC(C)C)n1. The predicted octanol–water partition coefficient (Wildman–Crippen LogP) is 3.97. The molecule has 0 aromatic carbocycles. The monoisotopic (exact) mass is 342 g/mol. The molecule has 4 nitrogen and oxygen atoms in total. The van der Waals surface area contributed by atoms with Crippen LogP contribution in [0.1, 0.15) is 26.5 Å². The molecule has 102 valence electrons. The standard InChI is InChI=1S/C13H16BrClN4/c1-4-19-10(5-6-16-19)13-17-9(7-8(2)3)11(14)12(15)18-13/h5-6,8H,4,7H2,1-3H3. The van der Waals surface area contributed by atoms with E-state index in [1.165, 1.54) is 0 Å². The summed E-state index contributed by atoms with van der Waals surface area (Å²) in [4.78, 5) is 8.96. The molecule has 0 amide bonds. The van der Waals surface area contributed by atoms with E-state index in [1.54, 1.807) is 6.20 Å². The molecule has 0 aliphatic carbocycles. The summed E-state index contributed by atoms with van der Waals surface area (Å²) in [7, 11) is 0. The molecule has 0 unspecified atom stereocenters. The fourth-order valence-corrected chi connectivity index (χ4v) is 2.40. The Morgan fingerprint density at radius 3 is 2.74 bits per heavy atom. The van der Waals surface area contributed by atoms with E-state index in [-0.39, 0.29) is 0 Å². The van der Waals surface area contributed by atoms with Gasteiger partial charge in [-0.15, -0.1) is 0 Å². The molecular formula is C13H16BrClN4. The van der Waals surface area contributed by atoms with Crippen LogP contribution in [0.4, 0.5) is 0 Å². The third kappa shape index (κ3) is 3.15. The first-order chi connectivity index (χ1) is 9.02. The van der Waals surface area contributed by atoms with E-state index in [2.05, 4.69) is 44.8 Å². The van der Waals surface area contributed by atoms with E-state index < -0.39 is 0 Å². The molecule has 0 spiro atoms. The maximum Gasteiger partial charge on any atom is 0.179 e. The Bertz CT molecular complexity index is 580. The molecule has 2 aromatic heterocycles. The van der Waals surface area contributed by atoms with Crippen molar-refractivity contribution in [3.63, 3.8) is 0 Å². The second-order valence-corrected chi connectivity index (χ2v) is 5.88. The van der Waals surface area contributed by atoms with Gasteiger partial charge in [0.15, 0.2) is 5.82 Å². The zero-order chi connectivity index (χ0) is 14.0. The summed E-state index contributed by atoms with van der Waals surface area (Å²) in [5, 5.41) is 4.68. The van der Waals surface area contributed by atoms with E-state index in [0.717, 1.165) is 28.8 Å². The summed E-state index contributed by atoms with van der Waals surface area (Å²) in [5.74, 6) is 1.13. The Morgan fingerprint density at radius 2 is 2.11 bits per heavy atom. The molecule has 0 fully saturated rings. The molecule has 0 atom stereocenters. The zero-order valence-corrected chi connectivity index (χ0v) is 13.5. The minimum Gasteiger partial charge on any atom is -0.262 e. The van der Waals surface area contributed by atoms with E-state index in [9.17, 15) is 0 Å². The maximum absolute atomic E-state index is 6.19. The van der Waals surface area contributed by atoms with E-state index in [4.69, 9.17) is 11.6 Å². The highest BCUT2D eigenvalue weighted by molar-refractivity contribution is 9.10. The van der Waals surface area contributed by atoms with Crippen molar-refractivity contribution in [1.82, 2.24) is 19.7 Å². The number of hydrogen-bond acceptors (Lipinski definition) is 3. The van der Waals surface area contributed by atoms with Crippen LogP contribution in [0.25, 0.3) is 11.5 Å². The first kappa shape index (κ1) is 14.5. The van der Waals surface area contributed by atoms with Gasteiger partial charge in [-0.05, 0) is 41.3 Å². The third-order valence-electron chi connectivity index (χ3n) is 2.73. The topological polar surface area (TPSA) is 43.6 Å². The Kier molecular flexibility index (Phi) is 4.58. The van der Waals surface area contributed by atoms with E-state index in [1.807, 2.05) is 17.7 Å². The summed E-state index contributed by atoms with van der Waals surface area (Å²) in [6.07, 6.45) is 2.61. The molecular weight excluding hydrogens is 328 g/mol.